The van der Waals surface area contributed by atoms with Crippen LogP contribution in [0.25, 0.3) is 10.9 Å². The van der Waals surface area contributed by atoms with Gasteiger partial charge in [-0.05, 0) is 36.3 Å². The fraction of sp³-hybridized carbons (Fsp3) is 0.304. The Morgan fingerprint density at radius 1 is 1.10 bits per heavy atom. The minimum absolute atomic E-state index is 0.306. The molecule has 1 heterocycles. The molecule has 3 rings (SSSR count). The molecule has 4 N–H and O–H groups in total. The van der Waals surface area contributed by atoms with Gasteiger partial charge in [-0.2, -0.15) is 0 Å². The summed E-state index contributed by atoms with van der Waals surface area (Å²) in [4.78, 5) is 19.0. The lowest BCUT2D eigenvalue weighted by Crippen LogP contribution is -2.38. The normalized spacial score (nSPS) is 11.1. The number of para-hydroxylation sites is 1. The summed E-state index contributed by atoms with van der Waals surface area (Å²) in [6.07, 6.45) is 0. The van der Waals surface area contributed by atoms with Crippen molar-refractivity contribution in [2.24, 2.45) is 5.73 Å². The smallest absolute Gasteiger partial charge is 0.276 e. The van der Waals surface area contributed by atoms with E-state index in [1.165, 1.54) is 12.6 Å². The Labute approximate surface area is 176 Å². The predicted molar refractivity (Wildman–Crippen MR) is 120 cm³/mol. The van der Waals surface area contributed by atoms with Crippen LogP contribution in [-0.2, 0) is 13.2 Å². The van der Waals surface area contributed by atoms with E-state index in [4.69, 9.17) is 15.9 Å². The van der Waals surface area contributed by atoms with Gasteiger partial charge in [-0.25, -0.2) is 0 Å². The van der Waals surface area contributed by atoms with Crippen LogP contribution in [0.2, 0.25) is 0 Å². The molecular weight excluding hydrogens is 378 g/mol. The number of hydrogen-bond acceptors (Lipinski definition) is 4. The summed E-state index contributed by atoms with van der Waals surface area (Å²) in [5, 5.41) is 8.31. The summed E-state index contributed by atoms with van der Waals surface area (Å²) < 4.78 is 6.08. The highest BCUT2D eigenvalue weighted by Crippen LogP contribution is 2.27. The minimum Gasteiger partial charge on any atom is -0.487 e. The molecule has 0 spiro atoms. The highest BCUT2D eigenvalue weighted by molar-refractivity contribution is 6.06. The van der Waals surface area contributed by atoms with Crippen molar-refractivity contribution in [3.05, 3.63) is 65.4 Å². The van der Waals surface area contributed by atoms with Gasteiger partial charge in [-0.1, -0.05) is 50.2 Å². The second kappa shape index (κ2) is 9.45. The van der Waals surface area contributed by atoms with Crippen LogP contribution in [0.4, 0.5) is 0 Å². The number of hydrogen-bond donors (Lipinski definition) is 3. The van der Waals surface area contributed by atoms with Crippen molar-refractivity contribution in [1.29, 1.82) is 5.41 Å². The van der Waals surface area contributed by atoms with Crippen molar-refractivity contribution in [2.75, 3.05) is 20.1 Å². The van der Waals surface area contributed by atoms with Gasteiger partial charge in [0.1, 0.15) is 18.1 Å². The number of nitrogens with two attached hydrogens (primary N) is 1. The molecule has 2 aromatic carbocycles. The molecule has 1 aromatic heterocycles. The topological polar surface area (TPSA) is 98.4 Å². The number of nitrogens with one attached hydrogen (secondary N) is 2. The first-order chi connectivity index (χ1) is 14.4. The number of guanidine groups is 1. The van der Waals surface area contributed by atoms with E-state index in [9.17, 15) is 4.79 Å². The Hall–Kier alpha value is -3.32. The van der Waals surface area contributed by atoms with Gasteiger partial charge in [0.15, 0.2) is 5.96 Å². The van der Waals surface area contributed by atoms with Crippen LogP contribution >= 0.6 is 0 Å². The molecular formula is C23H29N5O2. The standard InChI is InChI=1S/C23H29N5O2/c1-4-28(5-2)14-16-8-6-9-17(12-16)15-30-20-11-7-10-18-13-19(26-21(18)20)22(29)27(3)23(24)25/h6-13,26H,4-5,14-15H2,1-3H3,(H3,24,25). The van der Waals surface area contributed by atoms with Gasteiger partial charge in [0.05, 0.1) is 5.52 Å². The number of amides is 1. The highest BCUT2D eigenvalue weighted by atomic mass is 16.5. The van der Waals surface area contributed by atoms with E-state index in [1.807, 2.05) is 18.2 Å². The first kappa shape index (κ1) is 21.4. The Bertz CT molecular complexity index is 1040. The summed E-state index contributed by atoms with van der Waals surface area (Å²) in [7, 11) is 1.47. The molecule has 0 fully saturated rings. The molecule has 7 heteroatoms. The van der Waals surface area contributed by atoms with Gasteiger partial charge in [0.2, 0.25) is 0 Å². The number of carbonyl (C=O) groups excluding carboxylic acids is 1. The fourth-order valence-corrected chi connectivity index (χ4v) is 3.34. The lowest BCUT2D eigenvalue weighted by molar-refractivity contribution is 0.0864. The molecule has 7 nitrogen and oxygen atoms in total. The Morgan fingerprint density at radius 3 is 2.50 bits per heavy atom. The third-order valence-corrected chi connectivity index (χ3v) is 5.20. The molecule has 1 amide bonds. The number of aromatic amines is 1. The van der Waals surface area contributed by atoms with E-state index in [0.717, 1.165) is 41.0 Å². The fourth-order valence-electron chi connectivity index (χ4n) is 3.34. The van der Waals surface area contributed by atoms with E-state index < -0.39 is 0 Å². The SMILES string of the molecule is CCN(CC)Cc1cccc(COc2cccc3cc(C(=O)N(C)C(=N)N)[nH]c23)c1. The molecule has 0 saturated heterocycles. The molecule has 0 radical (unpaired) electrons. The average molecular weight is 408 g/mol. The van der Waals surface area contributed by atoms with Crippen LogP contribution < -0.4 is 10.5 Å². The van der Waals surface area contributed by atoms with Crippen molar-refractivity contribution in [1.82, 2.24) is 14.8 Å². The number of rotatable bonds is 8. The van der Waals surface area contributed by atoms with Crippen molar-refractivity contribution in [2.45, 2.75) is 27.0 Å². The molecule has 0 saturated carbocycles. The molecule has 0 unspecified atom stereocenters. The summed E-state index contributed by atoms with van der Waals surface area (Å²) >= 11 is 0. The maximum atomic E-state index is 12.5. The van der Waals surface area contributed by atoms with Crippen LogP contribution in [0.5, 0.6) is 5.75 Å². The van der Waals surface area contributed by atoms with Crippen LogP contribution in [-0.4, -0.2) is 46.8 Å². The molecule has 30 heavy (non-hydrogen) atoms. The third kappa shape index (κ3) is 4.80. The van der Waals surface area contributed by atoms with Crippen LogP contribution in [0.1, 0.15) is 35.5 Å². The quantitative estimate of drug-likeness (QED) is 0.393. The molecule has 158 valence electrons. The van der Waals surface area contributed by atoms with Crippen molar-refractivity contribution < 1.29 is 9.53 Å². The van der Waals surface area contributed by atoms with E-state index in [1.54, 1.807) is 6.07 Å². The van der Waals surface area contributed by atoms with Gasteiger partial charge in [-0.15, -0.1) is 0 Å². The predicted octanol–water partition coefficient (Wildman–Crippen LogP) is 3.55. The molecule has 0 aliphatic heterocycles. The number of aromatic nitrogens is 1. The van der Waals surface area contributed by atoms with Crippen molar-refractivity contribution in [3.63, 3.8) is 0 Å². The first-order valence-corrected chi connectivity index (χ1v) is 10.1. The van der Waals surface area contributed by atoms with E-state index in [0.29, 0.717) is 18.1 Å². The van der Waals surface area contributed by atoms with Gasteiger partial charge in [-0.3, -0.25) is 20.0 Å². The van der Waals surface area contributed by atoms with Crippen LogP contribution in [0.3, 0.4) is 0 Å². The lowest BCUT2D eigenvalue weighted by atomic mass is 10.1. The van der Waals surface area contributed by atoms with Gasteiger partial charge >= 0.3 is 0 Å². The number of ether oxygens (including phenoxy) is 1. The second-order valence-corrected chi connectivity index (χ2v) is 7.22. The largest absolute Gasteiger partial charge is 0.487 e. The first-order valence-electron chi connectivity index (χ1n) is 10.1. The Morgan fingerprint density at radius 2 is 1.80 bits per heavy atom. The summed E-state index contributed by atoms with van der Waals surface area (Å²) in [6.45, 7) is 7.72. The maximum Gasteiger partial charge on any atom is 0.276 e. The molecule has 0 aliphatic carbocycles. The van der Waals surface area contributed by atoms with Crippen LogP contribution in [0.15, 0.2) is 48.5 Å². The lowest BCUT2D eigenvalue weighted by Gasteiger charge is -2.18. The summed E-state index contributed by atoms with van der Waals surface area (Å²) in [5.41, 5.74) is 8.88. The number of nitrogens with zero attached hydrogens (tertiary/aromatic N) is 2. The average Bonchev–Trinajstić information content (AvgIpc) is 3.20. The zero-order valence-electron chi connectivity index (χ0n) is 17.7. The van der Waals surface area contributed by atoms with Gasteiger partial charge in [0, 0.05) is 19.0 Å². The zero-order chi connectivity index (χ0) is 21.7. The summed E-state index contributed by atoms with van der Waals surface area (Å²) in [6, 6.07) is 15.8. The summed E-state index contributed by atoms with van der Waals surface area (Å²) in [5.74, 6) is -0.000323. The van der Waals surface area contributed by atoms with Crippen LogP contribution in [0, 0.1) is 5.41 Å². The van der Waals surface area contributed by atoms with E-state index >= 15 is 0 Å². The third-order valence-electron chi connectivity index (χ3n) is 5.20. The number of benzene rings is 2. The number of carbonyl (C=O) groups is 1. The van der Waals surface area contributed by atoms with Crippen molar-refractivity contribution in [3.8, 4) is 5.75 Å². The van der Waals surface area contributed by atoms with E-state index in [2.05, 4.69) is 48.0 Å². The highest BCUT2D eigenvalue weighted by Gasteiger charge is 2.17. The monoisotopic (exact) mass is 407 g/mol. The molecule has 0 atom stereocenters. The molecule has 0 bridgehead atoms. The van der Waals surface area contributed by atoms with Gasteiger partial charge < -0.3 is 15.5 Å². The number of H-pyrrole nitrogens is 1. The maximum absolute atomic E-state index is 12.5. The molecule has 0 aliphatic rings. The minimum atomic E-state index is -0.367. The van der Waals surface area contributed by atoms with Gasteiger partial charge in [0.25, 0.3) is 5.91 Å². The Balaban J connectivity index is 1.77. The number of fused-ring (bicyclic) bond motifs is 1. The Kier molecular flexibility index (Phi) is 6.74. The zero-order valence-corrected chi connectivity index (χ0v) is 17.7. The van der Waals surface area contributed by atoms with E-state index in [-0.39, 0.29) is 11.9 Å². The second-order valence-electron chi connectivity index (χ2n) is 7.22. The molecule has 3 aromatic rings. The van der Waals surface area contributed by atoms with Crippen molar-refractivity contribution >= 4 is 22.8 Å².